The zero-order chi connectivity index (χ0) is 38.8. The third-order valence-corrected chi connectivity index (χ3v) is 12.9. The first-order chi connectivity index (χ1) is 28.5. The van der Waals surface area contributed by atoms with Gasteiger partial charge in [0.05, 0.1) is 0 Å². The molecule has 4 heteroatoms. The van der Waals surface area contributed by atoms with Gasteiger partial charge in [0.1, 0.15) is 0 Å². The molecule has 0 spiro atoms. The summed E-state index contributed by atoms with van der Waals surface area (Å²) in [4.78, 5) is 15.5. The Hall–Kier alpha value is -7.01. The van der Waals surface area contributed by atoms with Gasteiger partial charge in [-0.05, 0) is 79.9 Å². The van der Waals surface area contributed by atoms with Gasteiger partial charge in [-0.1, -0.05) is 178 Å². The maximum Gasteiger partial charge on any atom is 0.164 e. The number of aromatic nitrogens is 3. The summed E-state index contributed by atoms with van der Waals surface area (Å²) in [6.45, 7) is 4.61. The maximum absolute atomic E-state index is 5.23. The highest BCUT2D eigenvalue weighted by Crippen LogP contribution is 2.52. The molecule has 0 bridgehead atoms. The second-order valence-electron chi connectivity index (χ2n) is 15.6. The third-order valence-electron chi connectivity index (χ3n) is 11.8. The molecular weight excluding hydrogens is 723 g/mol. The Labute approximate surface area is 342 Å². The highest BCUT2D eigenvalue weighted by atomic mass is 32.1. The fraction of sp³-hybridized carbons (Fsp3) is 0.0556. The van der Waals surface area contributed by atoms with E-state index >= 15 is 0 Å². The number of hydrogen-bond acceptors (Lipinski definition) is 4. The summed E-state index contributed by atoms with van der Waals surface area (Å²) in [5, 5.41) is 2.56. The molecule has 58 heavy (non-hydrogen) atoms. The van der Waals surface area contributed by atoms with Gasteiger partial charge in [-0.25, -0.2) is 15.0 Å². The van der Waals surface area contributed by atoms with E-state index < -0.39 is 0 Å². The lowest BCUT2D eigenvalue weighted by molar-refractivity contribution is 0.660. The van der Waals surface area contributed by atoms with Crippen LogP contribution in [0, 0.1) is 0 Å². The van der Waals surface area contributed by atoms with Crippen molar-refractivity contribution in [2.24, 2.45) is 0 Å². The van der Waals surface area contributed by atoms with E-state index in [-0.39, 0.29) is 5.41 Å². The molecule has 1 aliphatic rings. The van der Waals surface area contributed by atoms with Gasteiger partial charge in [0.2, 0.25) is 0 Å². The molecule has 0 amide bonds. The summed E-state index contributed by atoms with van der Waals surface area (Å²) >= 11 is 1.85. The number of fused-ring (bicyclic) bond motifs is 6. The van der Waals surface area contributed by atoms with Crippen LogP contribution in [0.1, 0.15) is 25.0 Å². The molecule has 2 heterocycles. The van der Waals surface area contributed by atoms with Crippen molar-refractivity contribution in [2.45, 2.75) is 19.3 Å². The molecule has 0 atom stereocenters. The molecule has 11 rings (SSSR count). The third kappa shape index (κ3) is 5.68. The summed E-state index contributed by atoms with van der Waals surface area (Å²) in [6, 6.07) is 67.3. The van der Waals surface area contributed by atoms with E-state index in [1.54, 1.807) is 0 Å². The van der Waals surface area contributed by atoms with E-state index in [1.165, 1.54) is 70.2 Å². The van der Waals surface area contributed by atoms with Crippen LogP contribution in [0.4, 0.5) is 0 Å². The molecule has 0 saturated carbocycles. The smallest absolute Gasteiger partial charge is 0.164 e. The standard InChI is InChI=1S/C54H37N3S/c1-54(2)45-23-10-9-20-42(45)49-43(22-12-24-46(49)54)53-56-51(36-16-7-4-8-17-36)55-52(57-53)37-28-26-35(27-29-37)41-21-13-25-48-50(41)44-33-40(30-31-47(44)58-48)39-19-11-18-38(32-39)34-14-5-3-6-15-34/h3-33H,1-2H3. The minimum absolute atomic E-state index is 0.123. The number of benzene rings is 8. The van der Waals surface area contributed by atoms with Crippen LogP contribution in [0.5, 0.6) is 0 Å². The molecule has 0 aliphatic heterocycles. The highest BCUT2D eigenvalue weighted by molar-refractivity contribution is 7.26. The lowest BCUT2D eigenvalue weighted by Crippen LogP contribution is -2.14. The Bertz CT molecular complexity index is 3180. The molecule has 1 aliphatic carbocycles. The predicted molar refractivity (Wildman–Crippen MR) is 243 cm³/mol. The second kappa shape index (κ2) is 13.6. The van der Waals surface area contributed by atoms with Crippen molar-refractivity contribution in [1.82, 2.24) is 15.0 Å². The number of thiophene rings is 1. The van der Waals surface area contributed by atoms with Crippen molar-refractivity contribution in [3.8, 4) is 78.7 Å². The van der Waals surface area contributed by atoms with E-state index in [0.29, 0.717) is 17.5 Å². The van der Waals surface area contributed by atoms with E-state index in [9.17, 15) is 0 Å². The molecular formula is C54H37N3S. The van der Waals surface area contributed by atoms with Crippen LogP contribution in [0.3, 0.4) is 0 Å². The number of nitrogens with zero attached hydrogens (tertiary/aromatic N) is 3. The summed E-state index contributed by atoms with van der Waals surface area (Å²) in [5.74, 6) is 1.99. The molecule has 2 aromatic heterocycles. The van der Waals surface area contributed by atoms with Gasteiger partial charge in [0.15, 0.2) is 17.5 Å². The molecule has 10 aromatic rings. The average Bonchev–Trinajstić information content (AvgIpc) is 3.78. The van der Waals surface area contributed by atoms with Crippen LogP contribution < -0.4 is 0 Å². The van der Waals surface area contributed by atoms with Gasteiger partial charge < -0.3 is 0 Å². The molecule has 0 unspecified atom stereocenters. The molecule has 8 aromatic carbocycles. The van der Waals surface area contributed by atoms with Crippen molar-refractivity contribution >= 4 is 31.5 Å². The Morgan fingerprint density at radius 2 is 0.879 bits per heavy atom. The zero-order valence-electron chi connectivity index (χ0n) is 32.1. The van der Waals surface area contributed by atoms with E-state index in [0.717, 1.165) is 22.3 Å². The van der Waals surface area contributed by atoms with Gasteiger partial charge >= 0.3 is 0 Å². The van der Waals surface area contributed by atoms with Gasteiger partial charge in [-0.3, -0.25) is 0 Å². The fourth-order valence-corrected chi connectivity index (χ4v) is 9.95. The largest absolute Gasteiger partial charge is 0.208 e. The molecule has 0 radical (unpaired) electrons. The summed E-state index contributed by atoms with van der Waals surface area (Å²) in [6.07, 6.45) is 0. The average molecular weight is 760 g/mol. The minimum Gasteiger partial charge on any atom is -0.208 e. The van der Waals surface area contributed by atoms with Gasteiger partial charge in [-0.15, -0.1) is 11.3 Å². The van der Waals surface area contributed by atoms with E-state index in [4.69, 9.17) is 15.0 Å². The highest BCUT2D eigenvalue weighted by Gasteiger charge is 2.37. The summed E-state index contributed by atoms with van der Waals surface area (Å²) < 4.78 is 2.56. The van der Waals surface area contributed by atoms with Gasteiger partial charge in [0.25, 0.3) is 0 Å². The quantitative estimate of drug-likeness (QED) is 0.169. The molecule has 274 valence electrons. The van der Waals surface area contributed by atoms with Crippen LogP contribution in [-0.4, -0.2) is 15.0 Å². The molecule has 0 saturated heterocycles. The van der Waals surface area contributed by atoms with Crippen molar-refractivity contribution < 1.29 is 0 Å². The van der Waals surface area contributed by atoms with Gasteiger partial charge in [0, 0.05) is 42.3 Å². The Morgan fingerprint density at radius 3 is 1.66 bits per heavy atom. The minimum atomic E-state index is -0.123. The second-order valence-corrected chi connectivity index (χ2v) is 16.7. The van der Waals surface area contributed by atoms with E-state index in [1.807, 2.05) is 29.5 Å². The van der Waals surface area contributed by atoms with Crippen molar-refractivity contribution in [2.75, 3.05) is 0 Å². The van der Waals surface area contributed by atoms with Crippen LogP contribution in [0.2, 0.25) is 0 Å². The Balaban J connectivity index is 1.01. The maximum atomic E-state index is 5.23. The Morgan fingerprint density at radius 1 is 0.362 bits per heavy atom. The molecule has 3 nitrogen and oxygen atoms in total. The first kappa shape index (κ1) is 34.3. The van der Waals surface area contributed by atoms with Gasteiger partial charge in [-0.2, -0.15) is 0 Å². The fourth-order valence-electron chi connectivity index (χ4n) is 8.84. The van der Waals surface area contributed by atoms with Crippen LogP contribution in [-0.2, 0) is 5.41 Å². The summed E-state index contributed by atoms with van der Waals surface area (Å²) in [7, 11) is 0. The Kier molecular flexibility index (Phi) is 8.02. The first-order valence-corrected chi connectivity index (χ1v) is 20.6. The molecule has 0 N–H and O–H groups in total. The lowest BCUT2D eigenvalue weighted by atomic mass is 9.82. The first-order valence-electron chi connectivity index (χ1n) is 19.8. The lowest BCUT2D eigenvalue weighted by Gasteiger charge is -2.21. The summed E-state index contributed by atoms with van der Waals surface area (Å²) in [5.41, 5.74) is 15.1. The zero-order valence-corrected chi connectivity index (χ0v) is 33.0. The predicted octanol–water partition coefficient (Wildman–Crippen LogP) is 14.5. The van der Waals surface area contributed by atoms with Crippen molar-refractivity contribution in [3.05, 3.63) is 199 Å². The number of rotatable bonds is 6. The van der Waals surface area contributed by atoms with Crippen LogP contribution in [0.25, 0.3) is 98.8 Å². The molecule has 0 fully saturated rings. The topological polar surface area (TPSA) is 38.7 Å². The van der Waals surface area contributed by atoms with E-state index in [2.05, 4.69) is 184 Å². The monoisotopic (exact) mass is 759 g/mol. The van der Waals surface area contributed by atoms with Crippen LogP contribution in [0.15, 0.2) is 188 Å². The SMILES string of the molecule is CC1(C)c2ccccc2-c2c(-c3nc(-c4ccccc4)nc(-c4ccc(-c5cccc6sc7ccc(-c8cccc(-c9ccccc9)c8)cc7c56)cc4)n3)cccc21. The normalized spacial score (nSPS) is 12.8. The number of hydrogen-bond donors (Lipinski definition) is 0. The van der Waals surface area contributed by atoms with Crippen molar-refractivity contribution in [3.63, 3.8) is 0 Å². The van der Waals surface area contributed by atoms with Crippen molar-refractivity contribution in [1.29, 1.82) is 0 Å². The van der Waals surface area contributed by atoms with Crippen LogP contribution >= 0.6 is 11.3 Å².